The zero-order valence-corrected chi connectivity index (χ0v) is 19.6. The van der Waals surface area contributed by atoms with Gasteiger partial charge in [-0.15, -0.1) is 0 Å². The Morgan fingerprint density at radius 3 is 2.42 bits per heavy atom. The first kappa shape index (κ1) is 22.5. The molecule has 1 unspecified atom stereocenters. The molecule has 33 heavy (non-hydrogen) atoms. The van der Waals surface area contributed by atoms with Crippen LogP contribution in [0.1, 0.15) is 57.4 Å². The van der Waals surface area contributed by atoms with Crippen molar-refractivity contribution in [3.8, 4) is 5.75 Å². The van der Waals surface area contributed by atoms with Gasteiger partial charge >= 0.3 is 5.97 Å². The lowest BCUT2D eigenvalue weighted by Gasteiger charge is -2.27. The van der Waals surface area contributed by atoms with Gasteiger partial charge in [0.2, 0.25) is 5.95 Å². The van der Waals surface area contributed by atoms with Gasteiger partial charge in [-0.3, -0.25) is 0 Å². The Kier molecular flexibility index (Phi) is 6.18. The monoisotopic (exact) mass is 447 g/mol. The molecule has 1 atom stereocenters. The molecule has 8 nitrogen and oxygen atoms in total. The number of aromatic nitrogens is 4. The van der Waals surface area contributed by atoms with Crippen molar-refractivity contribution in [2.45, 2.75) is 52.7 Å². The first-order valence-electron chi connectivity index (χ1n) is 11.0. The van der Waals surface area contributed by atoms with Crippen molar-refractivity contribution in [3.63, 3.8) is 0 Å². The largest absolute Gasteiger partial charge is 0.489 e. The zero-order chi connectivity index (χ0) is 23.6. The Hall–Kier alpha value is -3.68. The Balaban J connectivity index is 1.53. The summed E-state index contributed by atoms with van der Waals surface area (Å²) in [6.07, 6.45) is 0. The van der Waals surface area contributed by atoms with E-state index in [0.717, 1.165) is 16.9 Å². The fourth-order valence-electron chi connectivity index (χ4n) is 3.81. The molecule has 0 amide bonds. The quantitative estimate of drug-likeness (QED) is 0.560. The number of ether oxygens (including phenoxy) is 2. The Morgan fingerprint density at radius 1 is 1.09 bits per heavy atom. The highest BCUT2D eigenvalue weighted by atomic mass is 16.5. The number of nitrogens with one attached hydrogen (secondary N) is 1. The molecule has 0 aliphatic carbocycles. The molecule has 0 spiro atoms. The molecule has 2 aromatic carbocycles. The van der Waals surface area contributed by atoms with Crippen molar-refractivity contribution in [1.82, 2.24) is 20.2 Å². The minimum Gasteiger partial charge on any atom is -0.489 e. The number of benzene rings is 2. The Bertz CT molecular complexity index is 1160. The van der Waals surface area contributed by atoms with Crippen molar-refractivity contribution in [2.24, 2.45) is 0 Å². The second-order valence-corrected chi connectivity index (χ2v) is 9.04. The van der Waals surface area contributed by atoms with E-state index >= 15 is 0 Å². The fraction of sp³-hybridized carbons (Fsp3) is 0.360. The molecule has 0 saturated heterocycles. The van der Waals surface area contributed by atoms with E-state index in [4.69, 9.17) is 9.47 Å². The molecule has 0 saturated carbocycles. The summed E-state index contributed by atoms with van der Waals surface area (Å²) in [5.41, 5.74) is 4.52. The minimum absolute atomic E-state index is 0.124. The molecule has 2 heterocycles. The van der Waals surface area contributed by atoms with Crippen molar-refractivity contribution >= 4 is 11.9 Å². The number of hydrogen-bond donors (Lipinski definition) is 1. The normalized spacial score (nSPS) is 15.6. The summed E-state index contributed by atoms with van der Waals surface area (Å²) < 4.78 is 12.9. The summed E-state index contributed by atoms with van der Waals surface area (Å²) in [7, 11) is 0. The first-order chi connectivity index (χ1) is 15.8. The van der Waals surface area contributed by atoms with Crippen LogP contribution in [0, 0.1) is 0 Å². The van der Waals surface area contributed by atoms with Gasteiger partial charge in [0.25, 0.3) is 0 Å². The van der Waals surface area contributed by atoms with Gasteiger partial charge in [-0.1, -0.05) is 62.3 Å². The van der Waals surface area contributed by atoms with Crippen LogP contribution >= 0.6 is 0 Å². The molecule has 3 aromatic rings. The third-order valence-electron chi connectivity index (χ3n) is 5.63. The third kappa shape index (κ3) is 4.74. The van der Waals surface area contributed by atoms with Crippen LogP contribution in [0.3, 0.4) is 0 Å². The highest BCUT2D eigenvalue weighted by Crippen LogP contribution is 2.35. The van der Waals surface area contributed by atoms with Crippen molar-refractivity contribution in [3.05, 3.63) is 76.5 Å². The van der Waals surface area contributed by atoms with Gasteiger partial charge in [-0.25, -0.2) is 4.79 Å². The molecule has 0 fully saturated rings. The second kappa shape index (κ2) is 9.05. The number of rotatable bonds is 6. The maximum Gasteiger partial charge on any atom is 0.338 e. The number of nitrogens with zero attached hydrogens (tertiary/aromatic N) is 4. The summed E-state index contributed by atoms with van der Waals surface area (Å²) in [5.74, 6) is 0.820. The predicted octanol–water partition coefficient (Wildman–Crippen LogP) is 4.40. The van der Waals surface area contributed by atoms with Gasteiger partial charge in [0.15, 0.2) is 0 Å². The van der Waals surface area contributed by atoms with Crippen LogP contribution in [-0.2, 0) is 21.6 Å². The van der Waals surface area contributed by atoms with Gasteiger partial charge < -0.3 is 14.8 Å². The number of esters is 1. The van der Waals surface area contributed by atoms with Gasteiger partial charge in [-0.2, -0.15) is 4.68 Å². The van der Waals surface area contributed by atoms with E-state index in [1.807, 2.05) is 31.2 Å². The molecule has 172 valence electrons. The number of carbonyl (C=O) groups is 1. The number of hydrogen-bond acceptors (Lipinski definition) is 7. The van der Waals surface area contributed by atoms with Crippen LogP contribution in [0.5, 0.6) is 5.75 Å². The Morgan fingerprint density at radius 2 is 1.79 bits per heavy atom. The first-order valence-corrected chi connectivity index (χ1v) is 11.0. The van der Waals surface area contributed by atoms with Gasteiger partial charge in [0.05, 0.1) is 12.2 Å². The molecule has 1 aliphatic rings. The number of allylic oxidation sites excluding steroid dienone is 1. The number of carbonyl (C=O) groups excluding carboxylic acids is 1. The van der Waals surface area contributed by atoms with E-state index in [1.165, 1.54) is 5.56 Å². The molecule has 0 bridgehead atoms. The molecule has 1 aliphatic heterocycles. The molecule has 1 aromatic heterocycles. The lowest BCUT2D eigenvalue weighted by molar-refractivity contribution is -0.139. The highest BCUT2D eigenvalue weighted by molar-refractivity contribution is 5.92. The van der Waals surface area contributed by atoms with Crippen LogP contribution in [-0.4, -0.2) is 32.8 Å². The molecule has 0 radical (unpaired) electrons. The standard InChI is InChI=1S/C25H29N5O3/c1-6-32-23(31)21-16(2)26-24-27-28-29-30(24)22(21)18-9-13-20(14-10-18)33-15-17-7-11-19(12-8-17)25(3,4)5/h7-14,22H,6,15H2,1-5H3,(H,26,27,29). The van der Waals surface area contributed by atoms with Crippen molar-refractivity contribution in [1.29, 1.82) is 0 Å². The minimum atomic E-state index is -0.491. The molecule has 8 heteroatoms. The zero-order valence-electron chi connectivity index (χ0n) is 19.6. The van der Waals surface area contributed by atoms with E-state index in [9.17, 15) is 4.79 Å². The number of tetrazole rings is 1. The van der Waals surface area contributed by atoms with E-state index in [2.05, 4.69) is 65.9 Å². The summed E-state index contributed by atoms with van der Waals surface area (Å²) in [5, 5.41) is 14.9. The third-order valence-corrected chi connectivity index (χ3v) is 5.63. The van der Waals surface area contributed by atoms with Gasteiger partial charge in [0, 0.05) is 5.70 Å². The average molecular weight is 448 g/mol. The lowest BCUT2D eigenvalue weighted by atomic mass is 9.87. The predicted molar refractivity (Wildman–Crippen MR) is 125 cm³/mol. The van der Waals surface area contributed by atoms with Crippen LogP contribution < -0.4 is 10.1 Å². The van der Waals surface area contributed by atoms with E-state index in [0.29, 0.717) is 23.8 Å². The molecular formula is C25H29N5O3. The second-order valence-electron chi connectivity index (χ2n) is 9.04. The van der Waals surface area contributed by atoms with E-state index in [1.54, 1.807) is 11.6 Å². The summed E-state index contributed by atoms with van der Waals surface area (Å²) in [6.45, 7) is 11.0. The summed E-state index contributed by atoms with van der Waals surface area (Å²) in [4.78, 5) is 12.7. The highest BCUT2D eigenvalue weighted by Gasteiger charge is 2.34. The van der Waals surface area contributed by atoms with Crippen molar-refractivity contribution in [2.75, 3.05) is 11.9 Å². The molecule has 4 rings (SSSR count). The number of anilines is 1. The van der Waals surface area contributed by atoms with E-state index < -0.39 is 12.0 Å². The summed E-state index contributed by atoms with van der Waals surface area (Å²) in [6, 6.07) is 15.6. The lowest BCUT2D eigenvalue weighted by Crippen LogP contribution is -2.29. The number of fused-ring (bicyclic) bond motifs is 1. The maximum atomic E-state index is 12.7. The topological polar surface area (TPSA) is 91.2 Å². The molecular weight excluding hydrogens is 418 g/mol. The fourth-order valence-corrected chi connectivity index (χ4v) is 3.81. The van der Waals surface area contributed by atoms with Gasteiger partial charge in [-0.05, 0) is 58.5 Å². The SMILES string of the molecule is CCOC(=O)C1=C(C)Nc2nnnn2C1c1ccc(OCc2ccc(C(C)(C)C)cc2)cc1. The van der Waals surface area contributed by atoms with E-state index in [-0.39, 0.29) is 12.0 Å². The van der Waals surface area contributed by atoms with Crippen LogP contribution in [0.15, 0.2) is 59.8 Å². The van der Waals surface area contributed by atoms with Gasteiger partial charge in [0.1, 0.15) is 18.4 Å². The maximum absolute atomic E-state index is 12.7. The van der Waals surface area contributed by atoms with Crippen LogP contribution in [0.4, 0.5) is 5.95 Å². The molecule has 1 N–H and O–H groups in total. The summed E-state index contributed by atoms with van der Waals surface area (Å²) >= 11 is 0. The average Bonchev–Trinajstić information content (AvgIpc) is 3.25. The smallest absolute Gasteiger partial charge is 0.338 e. The Labute approximate surface area is 193 Å². The van der Waals surface area contributed by atoms with Crippen LogP contribution in [0.25, 0.3) is 0 Å². The van der Waals surface area contributed by atoms with Crippen LogP contribution in [0.2, 0.25) is 0 Å². The van der Waals surface area contributed by atoms with Crippen molar-refractivity contribution < 1.29 is 14.3 Å².